The maximum Gasteiger partial charge on any atom is 0.341 e. The highest BCUT2D eigenvalue weighted by Gasteiger charge is 2.16. The first kappa shape index (κ1) is 34.3. The molecule has 0 heterocycles. The predicted octanol–water partition coefficient (Wildman–Crippen LogP) is 6.36. The molecule has 0 amide bonds. The van der Waals surface area contributed by atoms with E-state index < -0.39 is 24.5 Å². The van der Waals surface area contributed by atoms with Gasteiger partial charge in [-0.3, -0.25) is 0 Å². The molecule has 0 unspecified atom stereocenters. The first-order chi connectivity index (χ1) is 22.6. The lowest BCUT2D eigenvalue weighted by Gasteiger charge is -2.14. The van der Waals surface area contributed by atoms with Crippen LogP contribution in [0.4, 0.5) is 0 Å². The molecule has 4 aromatic carbocycles. The molecular weight excluding hydrogens is 600 g/mol. The number of esters is 3. The van der Waals surface area contributed by atoms with Gasteiger partial charge in [-0.2, -0.15) is 0 Å². The van der Waals surface area contributed by atoms with Crippen molar-refractivity contribution in [3.63, 3.8) is 0 Å². The van der Waals surface area contributed by atoms with Gasteiger partial charge in [0.2, 0.25) is 0 Å². The summed E-state index contributed by atoms with van der Waals surface area (Å²) in [5.41, 5.74) is 5.21. The van der Waals surface area contributed by atoms with Crippen LogP contribution in [0.15, 0.2) is 127 Å². The minimum absolute atomic E-state index is 0.0312. The van der Waals surface area contributed by atoms with Crippen molar-refractivity contribution in [3.8, 4) is 50.6 Å². The summed E-state index contributed by atoms with van der Waals surface area (Å²) in [5.74, 6) is -0.868. The van der Waals surface area contributed by atoms with Gasteiger partial charge in [0.05, 0.1) is 36.5 Å². The van der Waals surface area contributed by atoms with E-state index in [-0.39, 0.29) is 29.9 Å². The Bertz CT molecular complexity index is 1780. The average Bonchev–Trinajstić information content (AvgIpc) is 3.09. The number of rotatable bonds is 14. The Labute approximate surface area is 272 Å². The third-order valence-electron chi connectivity index (χ3n) is 6.87. The lowest BCUT2D eigenvalue weighted by molar-refractivity contribution is -0.131. The molecule has 0 aliphatic heterocycles. The van der Waals surface area contributed by atoms with Gasteiger partial charge in [-0.1, -0.05) is 74.3 Å². The highest BCUT2D eigenvalue weighted by atomic mass is 16.5. The summed E-state index contributed by atoms with van der Waals surface area (Å²) in [4.78, 5) is 36.8. The van der Waals surface area contributed by atoms with Crippen LogP contribution in [-0.4, -0.2) is 57.1 Å². The van der Waals surface area contributed by atoms with E-state index in [1.807, 2.05) is 48.5 Å². The molecule has 0 spiro atoms. The summed E-state index contributed by atoms with van der Waals surface area (Å²) < 4.78 is 26.3. The molecule has 4 aromatic rings. The van der Waals surface area contributed by atoms with Gasteiger partial charge >= 0.3 is 17.9 Å². The SMILES string of the molecule is C=C(CO)C(=O)Oc1ccc(-c2ccc(OC(=O)C(=C)COC)c(-c3ccc(-c4ccc(OC(=O)C(=C)COC)cc4)cc3)c2)cc1. The van der Waals surface area contributed by atoms with E-state index in [1.165, 1.54) is 14.2 Å². The molecule has 240 valence electrons. The molecule has 0 radical (unpaired) electrons. The maximum atomic E-state index is 12.7. The minimum atomic E-state index is -0.712. The lowest BCUT2D eigenvalue weighted by atomic mass is 9.96. The van der Waals surface area contributed by atoms with Crippen molar-refractivity contribution in [1.82, 2.24) is 0 Å². The van der Waals surface area contributed by atoms with Crippen molar-refractivity contribution in [1.29, 1.82) is 0 Å². The number of aliphatic hydroxyl groups is 1. The number of aliphatic hydroxyl groups excluding tert-OH is 1. The molecule has 4 rings (SSSR count). The summed E-state index contributed by atoms with van der Waals surface area (Å²) in [7, 11) is 2.94. The zero-order valence-corrected chi connectivity index (χ0v) is 26.1. The van der Waals surface area contributed by atoms with Crippen LogP contribution in [-0.2, 0) is 23.9 Å². The smallest absolute Gasteiger partial charge is 0.341 e. The molecule has 0 aromatic heterocycles. The molecule has 0 saturated carbocycles. The number of ether oxygens (including phenoxy) is 5. The fraction of sp³-hybridized carbons (Fsp3) is 0.132. The number of benzene rings is 4. The van der Waals surface area contributed by atoms with Crippen molar-refractivity contribution >= 4 is 17.9 Å². The van der Waals surface area contributed by atoms with Gasteiger partial charge in [0.25, 0.3) is 0 Å². The van der Waals surface area contributed by atoms with Crippen LogP contribution in [0.2, 0.25) is 0 Å². The minimum Gasteiger partial charge on any atom is -0.423 e. The standard InChI is InChI=1S/C38H34O9/c1-24(21-39)36(40)45-32-17-12-29(13-18-32)31-14-19-35(47-38(42)26(3)23-44-5)34(20-31)30-8-6-27(7-9-30)28-10-15-33(16-11-28)46-37(41)25(2)22-43-4/h6-20,39H,1-3,21-23H2,4-5H3. The molecule has 47 heavy (non-hydrogen) atoms. The number of carbonyl (C=O) groups excluding carboxylic acids is 3. The molecule has 0 bridgehead atoms. The van der Waals surface area contributed by atoms with Gasteiger partial charge in [-0.25, -0.2) is 14.4 Å². The second-order valence-corrected chi connectivity index (χ2v) is 10.3. The van der Waals surface area contributed by atoms with Crippen LogP contribution in [0.25, 0.3) is 33.4 Å². The van der Waals surface area contributed by atoms with E-state index in [1.54, 1.807) is 42.5 Å². The van der Waals surface area contributed by atoms with Crippen LogP contribution in [0.1, 0.15) is 0 Å². The number of hydrogen-bond donors (Lipinski definition) is 1. The van der Waals surface area contributed by atoms with E-state index in [0.29, 0.717) is 22.8 Å². The number of methoxy groups -OCH3 is 2. The number of hydrogen-bond acceptors (Lipinski definition) is 9. The summed E-state index contributed by atoms with van der Waals surface area (Å²) >= 11 is 0. The second-order valence-electron chi connectivity index (χ2n) is 10.3. The summed E-state index contributed by atoms with van der Waals surface area (Å²) in [6.45, 7) is 10.5. The zero-order valence-electron chi connectivity index (χ0n) is 26.1. The molecule has 9 heteroatoms. The van der Waals surface area contributed by atoms with E-state index >= 15 is 0 Å². The van der Waals surface area contributed by atoms with E-state index in [2.05, 4.69) is 19.7 Å². The summed E-state index contributed by atoms with van der Waals surface area (Å²) in [5, 5.41) is 9.11. The summed E-state index contributed by atoms with van der Waals surface area (Å²) in [6, 6.07) is 27.0. The van der Waals surface area contributed by atoms with Crippen LogP contribution in [0.5, 0.6) is 17.2 Å². The van der Waals surface area contributed by atoms with E-state index in [0.717, 1.165) is 27.8 Å². The first-order valence-corrected chi connectivity index (χ1v) is 14.4. The fourth-order valence-electron chi connectivity index (χ4n) is 4.36. The van der Waals surface area contributed by atoms with Crippen LogP contribution in [0.3, 0.4) is 0 Å². The molecule has 0 atom stereocenters. The number of carbonyl (C=O) groups is 3. The van der Waals surface area contributed by atoms with Crippen LogP contribution in [0, 0.1) is 0 Å². The van der Waals surface area contributed by atoms with Crippen molar-refractivity contribution in [3.05, 3.63) is 127 Å². The quantitative estimate of drug-likeness (QED) is 0.0961. The predicted molar refractivity (Wildman–Crippen MR) is 178 cm³/mol. The van der Waals surface area contributed by atoms with E-state index in [9.17, 15) is 14.4 Å². The Balaban J connectivity index is 1.61. The van der Waals surface area contributed by atoms with Gasteiger partial charge in [0.1, 0.15) is 17.2 Å². The van der Waals surface area contributed by atoms with Gasteiger partial charge in [-0.05, 0) is 64.2 Å². The molecule has 0 aliphatic carbocycles. The molecular formula is C38H34O9. The second kappa shape index (κ2) is 16.1. The van der Waals surface area contributed by atoms with Crippen molar-refractivity contribution in [2.75, 3.05) is 34.0 Å². The van der Waals surface area contributed by atoms with Gasteiger partial charge in [0.15, 0.2) is 0 Å². The maximum absolute atomic E-state index is 12.7. The van der Waals surface area contributed by atoms with Gasteiger partial charge in [-0.15, -0.1) is 0 Å². The first-order valence-electron chi connectivity index (χ1n) is 14.4. The Hall–Kier alpha value is -5.61. The molecule has 0 aliphatic rings. The van der Waals surface area contributed by atoms with Gasteiger partial charge < -0.3 is 28.8 Å². The molecule has 9 nitrogen and oxygen atoms in total. The molecule has 0 fully saturated rings. The average molecular weight is 635 g/mol. The Morgan fingerprint density at radius 2 is 0.915 bits per heavy atom. The van der Waals surface area contributed by atoms with Crippen molar-refractivity contribution in [2.24, 2.45) is 0 Å². The largest absolute Gasteiger partial charge is 0.423 e. The highest BCUT2D eigenvalue weighted by Crippen LogP contribution is 2.36. The fourth-order valence-corrected chi connectivity index (χ4v) is 4.36. The van der Waals surface area contributed by atoms with Gasteiger partial charge in [0, 0.05) is 19.8 Å². The van der Waals surface area contributed by atoms with Crippen LogP contribution < -0.4 is 14.2 Å². The summed E-state index contributed by atoms with van der Waals surface area (Å²) in [6.07, 6.45) is 0. The Morgan fingerprint density at radius 3 is 1.38 bits per heavy atom. The van der Waals surface area contributed by atoms with Crippen LogP contribution >= 0.6 is 0 Å². The van der Waals surface area contributed by atoms with E-state index in [4.69, 9.17) is 28.8 Å². The Morgan fingerprint density at radius 1 is 0.532 bits per heavy atom. The topological polar surface area (TPSA) is 118 Å². The molecule has 0 saturated heterocycles. The lowest BCUT2D eigenvalue weighted by Crippen LogP contribution is -2.14. The normalized spacial score (nSPS) is 10.5. The Kier molecular flexibility index (Phi) is 11.7. The van der Waals surface area contributed by atoms with Crippen molar-refractivity contribution < 1.29 is 43.2 Å². The third-order valence-corrected chi connectivity index (χ3v) is 6.87. The third kappa shape index (κ3) is 8.99. The van der Waals surface area contributed by atoms with Crippen molar-refractivity contribution in [2.45, 2.75) is 0 Å². The monoisotopic (exact) mass is 634 g/mol. The zero-order chi connectivity index (χ0) is 33.9. The molecule has 1 N–H and O–H groups in total. The highest BCUT2D eigenvalue weighted by molar-refractivity contribution is 5.92.